The van der Waals surface area contributed by atoms with Crippen molar-refractivity contribution in [3.8, 4) is 0 Å². The number of hydrogen-bond acceptors (Lipinski definition) is 9. The van der Waals surface area contributed by atoms with Crippen LogP contribution in [0, 0.1) is 11.8 Å². The Balaban J connectivity index is 2.31. The molecule has 0 bridgehead atoms. The van der Waals surface area contributed by atoms with E-state index >= 15 is 0 Å². The predicted molar refractivity (Wildman–Crippen MR) is 213 cm³/mol. The summed E-state index contributed by atoms with van der Waals surface area (Å²) in [5, 5.41) is 31.2. The van der Waals surface area contributed by atoms with Gasteiger partial charge in [0.2, 0.25) is 0 Å². The van der Waals surface area contributed by atoms with E-state index in [0.717, 1.165) is 70.6 Å². The van der Waals surface area contributed by atoms with Gasteiger partial charge in [0.1, 0.15) is 6.61 Å². The van der Waals surface area contributed by atoms with Gasteiger partial charge in [-0.1, -0.05) is 120 Å². The van der Waals surface area contributed by atoms with E-state index in [-0.39, 0.29) is 37.7 Å². The smallest absolute Gasteiger partial charge is 0.462 e. The van der Waals surface area contributed by atoms with Crippen molar-refractivity contribution in [1.82, 2.24) is 0 Å². The Bertz CT molecular complexity index is 1130. The molecule has 1 aliphatic rings. The highest BCUT2D eigenvalue weighted by atomic mass is 31.2. The number of hydrogen-bond donors (Lipinski definition) is 5. The molecule has 0 spiro atoms. The number of phosphoric ester groups is 1. The van der Waals surface area contributed by atoms with Crippen molar-refractivity contribution in [2.45, 2.75) is 180 Å². The van der Waals surface area contributed by atoms with Gasteiger partial charge in [-0.25, -0.2) is 4.57 Å². The summed E-state index contributed by atoms with van der Waals surface area (Å²) in [5.41, 5.74) is 0. The first-order valence-electron chi connectivity index (χ1n) is 20.7. The molecule has 0 aliphatic heterocycles. The molecule has 0 amide bonds. The third-order valence-corrected chi connectivity index (χ3v) is 10.1. The van der Waals surface area contributed by atoms with Crippen LogP contribution in [0.5, 0.6) is 0 Å². The summed E-state index contributed by atoms with van der Waals surface area (Å²) in [6, 6.07) is 0. The van der Waals surface area contributed by atoms with Crippen molar-refractivity contribution in [1.29, 1.82) is 0 Å². The molecule has 1 saturated carbocycles. The molecule has 0 saturated heterocycles. The molecule has 0 aromatic carbocycles. The SMILES string of the molecule is CCCCC/C=C\C/C=C\CCCCCCCCC(=O)O[C@H](COC(=O)CCC/C=C/C[C@@H]1[C@@H](/C=C/[C@@H](O)CCCCC)[C@H](O)C[C@@H]1O)COP(=O)(O)O. The Morgan fingerprint density at radius 3 is 2.00 bits per heavy atom. The molecule has 0 radical (unpaired) electrons. The van der Waals surface area contributed by atoms with Gasteiger partial charge in [0, 0.05) is 25.2 Å². The van der Waals surface area contributed by atoms with Gasteiger partial charge in [-0.2, -0.15) is 0 Å². The molecule has 1 aliphatic carbocycles. The van der Waals surface area contributed by atoms with E-state index in [2.05, 4.69) is 42.7 Å². The highest BCUT2D eigenvalue weighted by Gasteiger charge is 2.39. The van der Waals surface area contributed by atoms with E-state index in [0.29, 0.717) is 32.1 Å². The molecule has 12 heteroatoms. The molecule has 1 fully saturated rings. The summed E-state index contributed by atoms with van der Waals surface area (Å²) >= 11 is 0. The number of esters is 2. The topological polar surface area (TPSA) is 180 Å². The van der Waals surface area contributed by atoms with Crippen LogP contribution < -0.4 is 0 Å². The van der Waals surface area contributed by atoms with Gasteiger partial charge in [0.15, 0.2) is 6.10 Å². The second-order valence-corrected chi connectivity index (χ2v) is 15.8. The molecule has 0 aromatic rings. The van der Waals surface area contributed by atoms with Crippen LogP contribution in [-0.4, -0.2) is 74.7 Å². The number of ether oxygens (including phenoxy) is 2. The van der Waals surface area contributed by atoms with E-state index < -0.39 is 50.8 Å². The van der Waals surface area contributed by atoms with E-state index in [1.165, 1.54) is 19.3 Å². The third-order valence-electron chi connectivity index (χ3n) is 9.64. The maximum atomic E-state index is 12.4. The number of rotatable bonds is 33. The summed E-state index contributed by atoms with van der Waals surface area (Å²) in [4.78, 5) is 43.0. The fourth-order valence-electron chi connectivity index (χ4n) is 6.45. The van der Waals surface area contributed by atoms with Crippen LogP contribution in [0.3, 0.4) is 0 Å². The number of carbonyl (C=O) groups excluding carboxylic acids is 2. The Labute approximate surface area is 325 Å². The molecule has 5 N–H and O–H groups in total. The number of unbranched alkanes of at least 4 members (excludes halogenated alkanes) is 12. The number of aliphatic hydroxyl groups excluding tert-OH is 3. The monoisotopic (exact) mass is 784 g/mol. The second-order valence-electron chi connectivity index (χ2n) is 14.6. The molecule has 312 valence electrons. The van der Waals surface area contributed by atoms with Gasteiger partial charge in [0.05, 0.1) is 24.9 Å². The molecule has 1 rings (SSSR count). The largest absolute Gasteiger partial charge is 0.469 e. The second kappa shape index (κ2) is 32.0. The summed E-state index contributed by atoms with van der Waals surface area (Å²) in [5.74, 6) is -1.50. The van der Waals surface area contributed by atoms with Crippen LogP contribution in [-0.2, 0) is 28.2 Å². The van der Waals surface area contributed by atoms with Crippen molar-refractivity contribution >= 4 is 19.8 Å². The van der Waals surface area contributed by atoms with E-state index in [1.54, 1.807) is 6.08 Å². The van der Waals surface area contributed by atoms with Gasteiger partial charge >= 0.3 is 19.8 Å². The number of allylic oxidation sites excluding steroid dienone is 6. The van der Waals surface area contributed by atoms with Crippen LogP contribution in [0.1, 0.15) is 155 Å². The molecule has 11 nitrogen and oxygen atoms in total. The van der Waals surface area contributed by atoms with Gasteiger partial charge < -0.3 is 34.6 Å². The van der Waals surface area contributed by atoms with Crippen LogP contribution in [0.15, 0.2) is 48.6 Å². The number of phosphoric acid groups is 1. The lowest BCUT2D eigenvalue weighted by Crippen LogP contribution is -2.29. The molecule has 0 heterocycles. The molecular formula is C42H73O11P. The third kappa shape index (κ3) is 27.5. The first-order chi connectivity index (χ1) is 26.0. The summed E-state index contributed by atoms with van der Waals surface area (Å²) < 4.78 is 26.3. The minimum atomic E-state index is -4.82. The zero-order chi connectivity index (χ0) is 39.9. The van der Waals surface area contributed by atoms with Crippen LogP contribution in [0.25, 0.3) is 0 Å². The predicted octanol–water partition coefficient (Wildman–Crippen LogP) is 8.73. The number of carbonyl (C=O) groups is 2. The van der Waals surface area contributed by atoms with Gasteiger partial charge in [0.25, 0.3) is 0 Å². The van der Waals surface area contributed by atoms with Gasteiger partial charge in [-0.05, 0) is 70.1 Å². The molecule has 0 unspecified atom stereocenters. The first kappa shape index (κ1) is 49.9. The Morgan fingerprint density at radius 1 is 0.722 bits per heavy atom. The van der Waals surface area contributed by atoms with Gasteiger partial charge in [-0.15, -0.1) is 0 Å². The lowest BCUT2D eigenvalue weighted by atomic mass is 9.89. The fraction of sp³-hybridized carbons (Fsp3) is 0.762. The van der Waals surface area contributed by atoms with Gasteiger partial charge in [-0.3, -0.25) is 14.1 Å². The van der Waals surface area contributed by atoms with Crippen LogP contribution in [0.4, 0.5) is 0 Å². The first-order valence-corrected chi connectivity index (χ1v) is 22.2. The van der Waals surface area contributed by atoms with E-state index in [4.69, 9.17) is 19.3 Å². The average Bonchev–Trinajstić information content (AvgIpc) is 3.40. The minimum absolute atomic E-state index is 0.0865. The maximum absolute atomic E-state index is 12.4. The standard InChI is InChI=1S/C42H73O11P/c1-3-5-7-8-9-10-11-12-13-14-15-16-17-18-19-25-29-42(47)53-36(34-52-54(48,49)50)33-51-41(46)28-24-21-20-23-27-37-38(40(45)32-39(37)44)31-30-35(43)26-22-6-4-2/h9-10,12-13,20,23,30-31,35-40,43-45H,3-8,11,14-19,21-22,24-29,32-34H2,1-2H3,(H2,48,49,50)/b10-9-,13-12-,23-20+,31-30+/t35-,36+,37+,38+,39-,40+/m0/s1. The van der Waals surface area contributed by atoms with Crippen LogP contribution >= 0.6 is 7.82 Å². The number of aliphatic hydroxyl groups is 3. The average molecular weight is 785 g/mol. The van der Waals surface area contributed by atoms with Crippen molar-refractivity contribution < 1.29 is 53.3 Å². The van der Waals surface area contributed by atoms with E-state index in [1.807, 2.05) is 18.2 Å². The highest BCUT2D eigenvalue weighted by molar-refractivity contribution is 7.46. The van der Waals surface area contributed by atoms with Crippen molar-refractivity contribution in [3.05, 3.63) is 48.6 Å². The normalized spacial score (nSPS) is 20.5. The Morgan fingerprint density at radius 2 is 1.31 bits per heavy atom. The zero-order valence-electron chi connectivity index (χ0n) is 33.2. The quantitative estimate of drug-likeness (QED) is 0.0186. The van der Waals surface area contributed by atoms with Crippen molar-refractivity contribution in [2.75, 3.05) is 13.2 Å². The summed E-state index contributed by atoms with van der Waals surface area (Å²) in [7, 11) is -4.82. The summed E-state index contributed by atoms with van der Waals surface area (Å²) in [6.45, 7) is 3.34. The minimum Gasteiger partial charge on any atom is -0.462 e. The molecule has 0 aromatic heterocycles. The van der Waals surface area contributed by atoms with Crippen molar-refractivity contribution in [2.24, 2.45) is 11.8 Å². The lowest BCUT2D eigenvalue weighted by molar-refractivity contribution is -0.161. The molecule has 6 atom stereocenters. The summed E-state index contributed by atoms with van der Waals surface area (Å²) in [6.07, 6.45) is 32.1. The fourth-order valence-corrected chi connectivity index (χ4v) is 6.82. The molecular weight excluding hydrogens is 711 g/mol. The Kier molecular flexibility index (Phi) is 29.6. The molecule has 54 heavy (non-hydrogen) atoms. The highest BCUT2D eigenvalue weighted by Crippen LogP contribution is 2.37. The van der Waals surface area contributed by atoms with Crippen molar-refractivity contribution in [3.63, 3.8) is 0 Å². The zero-order valence-corrected chi connectivity index (χ0v) is 34.1. The lowest BCUT2D eigenvalue weighted by Gasteiger charge is -2.19. The van der Waals surface area contributed by atoms with Crippen LogP contribution in [0.2, 0.25) is 0 Å². The maximum Gasteiger partial charge on any atom is 0.469 e. The van der Waals surface area contributed by atoms with E-state index in [9.17, 15) is 29.5 Å². The Hall–Kier alpha value is -2.11.